The van der Waals surface area contributed by atoms with E-state index >= 15 is 0 Å². The van der Waals surface area contributed by atoms with Crippen LogP contribution in [0.2, 0.25) is 0 Å². The Kier molecular flexibility index (Phi) is 12.3. The molecule has 1 N–H and O–H groups in total. The van der Waals surface area contributed by atoms with Crippen molar-refractivity contribution >= 4 is 5.91 Å². The lowest BCUT2D eigenvalue weighted by atomic mass is 10.5. The SMILES string of the molecule is CC.CCNC(=O)C#CCN(C)C. The molecule has 0 saturated heterocycles. The summed E-state index contributed by atoms with van der Waals surface area (Å²) in [6.07, 6.45) is 0. The zero-order valence-electron chi connectivity index (χ0n) is 9.27. The summed E-state index contributed by atoms with van der Waals surface area (Å²) in [6, 6.07) is 0. The summed E-state index contributed by atoms with van der Waals surface area (Å²) in [5.41, 5.74) is 0. The third-order valence-electron chi connectivity index (χ3n) is 0.935. The van der Waals surface area contributed by atoms with E-state index in [-0.39, 0.29) is 5.91 Å². The van der Waals surface area contributed by atoms with Crippen LogP contribution in [0, 0.1) is 11.8 Å². The van der Waals surface area contributed by atoms with Gasteiger partial charge >= 0.3 is 0 Å². The summed E-state index contributed by atoms with van der Waals surface area (Å²) in [5, 5.41) is 2.59. The van der Waals surface area contributed by atoms with E-state index in [1.807, 2.05) is 39.8 Å². The van der Waals surface area contributed by atoms with Crippen molar-refractivity contribution in [1.82, 2.24) is 10.2 Å². The molecule has 0 aromatic carbocycles. The van der Waals surface area contributed by atoms with Gasteiger partial charge in [0.1, 0.15) is 0 Å². The lowest BCUT2D eigenvalue weighted by Crippen LogP contribution is -2.21. The van der Waals surface area contributed by atoms with Crippen LogP contribution in [0.3, 0.4) is 0 Å². The van der Waals surface area contributed by atoms with Gasteiger partial charge in [0.05, 0.1) is 6.54 Å². The molecule has 0 aliphatic carbocycles. The van der Waals surface area contributed by atoms with E-state index in [1.165, 1.54) is 0 Å². The molecule has 3 heteroatoms. The molecule has 1 amide bonds. The highest BCUT2D eigenvalue weighted by Crippen LogP contribution is 1.69. The maximum absolute atomic E-state index is 10.7. The summed E-state index contributed by atoms with van der Waals surface area (Å²) >= 11 is 0. The molecule has 0 aliphatic rings. The molecule has 0 spiro atoms. The Morgan fingerprint density at radius 3 is 2.31 bits per heavy atom. The lowest BCUT2D eigenvalue weighted by Gasteiger charge is -2.00. The predicted octanol–water partition coefficient (Wildman–Crippen LogP) is 0.714. The van der Waals surface area contributed by atoms with Gasteiger partial charge in [0.25, 0.3) is 5.91 Å². The van der Waals surface area contributed by atoms with Gasteiger partial charge in [-0.3, -0.25) is 9.69 Å². The Labute approximate surface area is 81.5 Å². The minimum Gasteiger partial charge on any atom is -0.346 e. The first-order chi connectivity index (χ1) is 6.16. The average molecular weight is 184 g/mol. The topological polar surface area (TPSA) is 32.3 Å². The van der Waals surface area contributed by atoms with Crippen molar-refractivity contribution in [3.05, 3.63) is 0 Å². The molecular formula is C10H20N2O. The predicted molar refractivity (Wildman–Crippen MR) is 56.4 cm³/mol. The fourth-order valence-corrected chi connectivity index (χ4v) is 0.483. The molecule has 76 valence electrons. The number of carbonyl (C=O) groups is 1. The molecule has 13 heavy (non-hydrogen) atoms. The van der Waals surface area contributed by atoms with Crippen molar-refractivity contribution in [1.29, 1.82) is 0 Å². The second kappa shape index (κ2) is 11.0. The molecule has 3 nitrogen and oxygen atoms in total. The standard InChI is InChI=1S/C8H14N2O.C2H6/c1-4-9-8(11)6-5-7-10(2)3;1-2/h4,7H2,1-3H3,(H,9,11);1-2H3. The van der Waals surface area contributed by atoms with Crippen LogP contribution >= 0.6 is 0 Å². The van der Waals surface area contributed by atoms with Crippen LogP contribution in [-0.2, 0) is 4.79 Å². The highest BCUT2D eigenvalue weighted by molar-refractivity contribution is 5.93. The largest absolute Gasteiger partial charge is 0.346 e. The zero-order chi connectivity index (χ0) is 10.7. The summed E-state index contributed by atoms with van der Waals surface area (Å²) in [7, 11) is 3.82. The van der Waals surface area contributed by atoms with Crippen LogP contribution in [0.15, 0.2) is 0 Å². The van der Waals surface area contributed by atoms with Crippen molar-refractivity contribution in [2.45, 2.75) is 20.8 Å². The molecular weight excluding hydrogens is 164 g/mol. The van der Waals surface area contributed by atoms with Gasteiger partial charge in [-0.2, -0.15) is 0 Å². The van der Waals surface area contributed by atoms with Crippen LogP contribution in [-0.4, -0.2) is 38.0 Å². The van der Waals surface area contributed by atoms with Crippen LogP contribution in [0.4, 0.5) is 0 Å². The Hall–Kier alpha value is -1.01. The second-order valence-electron chi connectivity index (χ2n) is 2.40. The summed E-state index contributed by atoms with van der Waals surface area (Å²) < 4.78 is 0. The Morgan fingerprint density at radius 1 is 1.38 bits per heavy atom. The quantitative estimate of drug-likeness (QED) is 0.641. The smallest absolute Gasteiger partial charge is 0.295 e. The van der Waals surface area contributed by atoms with Gasteiger partial charge in [0.15, 0.2) is 0 Å². The van der Waals surface area contributed by atoms with Crippen LogP contribution in [0.1, 0.15) is 20.8 Å². The number of carbonyl (C=O) groups excluding carboxylic acids is 1. The molecule has 0 aromatic heterocycles. The first kappa shape index (κ1) is 14.5. The van der Waals surface area contributed by atoms with Gasteiger partial charge in [0.2, 0.25) is 0 Å². The monoisotopic (exact) mass is 184 g/mol. The van der Waals surface area contributed by atoms with Gasteiger partial charge in [-0.05, 0) is 26.9 Å². The summed E-state index contributed by atoms with van der Waals surface area (Å²) in [4.78, 5) is 12.6. The van der Waals surface area contributed by atoms with Crippen molar-refractivity contribution in [3.63, 3.8) is 0 Å². The van der Waals surface area contributed by atoms with E-state index in [0.29, 0.717) is 13.1 Å². The van der Waals surface area contributed by atoms with Crippen molar-refractivity contribution in [3.8, 4) is 11.8 Å². The number of hydrogen-bond donors (Lipinski definition) is 1. The first-order valence-corrected chi connectivity index (χ1v) is 4.58. The summed E-state index contributed by atoms with van der Waals surface area (Å²) in [5.74, 6) is 5.01. The van der Waals surface area contributed by atoms with E-state index in [1.54, 1.807) is 0 Å². The number of nitrogens with zero attached hydrogens (tertiary/aromatic N) is 1. The maximum atomic E-state index is 10.7. The minimum absolute atomic E-state index is 0.200. The molecule has 0 aromatic rings. The number of nitrogens with one attached hydrogen (secondary N) is 1. The Balaban J connectivity index is 0. The van der Waals surface area contributed by atoms with E-state index in [2.05, 4.69) is 17.2 Å². The van der Waals surface area contributed by atoms with E-state index < -0.39 is 0 Å². The number of rotatable bonds is 2. The van der Waals surface area contributed by atoms with E-state index in [9.17, 15) is 4.79 Å². The van der Waals surface area contributed by atoms with Gasteiger partial charge in [0, 0.05) is 6.54 Å². The maximum Gasteiger partial charge on any atom is 0.295 e. The van der Waals surface area contributed by atoms with Crippen molar-refractivity contribution in [2.75, 3.05) is 27.2 Å². The van der Waals surface area contributed by atoms with Gasteiger partial charge < -0.3 is 5.32 Å². The molecule has 0 rings (SSSR count). The minimum atomic E-state index is -0.200. The third kappa shape index (κ3) is 13.9. The third-order valence-corrected chi connectivity index (χ3v) is 0.935. The molecule has 0 atom stereocenters. The van der Waals surface area contributed by atoms with Crippen molar-refractivity contribution < 1.29 is 4.79 Å². The van der Waals surface area contributed by atoms with Gasteiger partial charge in [-0.25, -0.2) is 0 Å². The average Bonchev–Trinajstić information content (AvgIpc) is 2.08. The Bertz CT molecular complexity index is 177. The number of amides is 1. The van der Waals surface area contributed by atoms with Crippen molar-refractivity contribution in [2.24, 2.45) is 0 Å². The molecule has 0 unspecified atom stereocenters. The fourth-order valence-electron chi connectivity index (χ4n) is 0.483. The summed E-state index contributed by atoms with van der Waals surface area (Å²) in [6.45, 7) is 7.12. The lowest BCUT2D eigenvalue weighted by molar-refractivity contribution is -0.115. The highest BCUT2D eigenvalue weighted by atomic mass is 16.1. The van der Waals surface area contributed by atoms with E-state index in [4.69, 9.17) is 0 Å². The highest BCUT2D eigenvalue weighted by Gasteiger charge is 1.88. The second-order valence-corrected chi connectivity index (χ2v) is 2.40. The molecule has 0 bridgehead atoms. The molecule has 0 radical (unpaired) electrons. The van der Waals surface area contributed by atoms with E-state index in [0.717, 1.165) is 0 Å². The zero-order valence-corrected chi connectivity index (χ0v) is 9.27. The first-order valence-electron chi connectivity index (χ1n) is 4.58. The number of hydrogen-bond acceptors (Lipinski definition) is 2. The van der Waals surface area contributed by atoms with Crippen LogP contribution < -0.4 is 5.32 Å². The molecule has 0 aliphatic heterocycles. The molecule has 0 fully saturated rings. The fraction of sp³-hybridized carbons (Fsp3) is 0.700. The molecule has 0 heterocycles. The molecule has 0 saturated carbocycles. The normalized spacial score (nSPS) is 7.85. The van der Waals surface area contributed by atoms with Crippen LogP contribution in [0.25, 0.3) is 0 Å². The van der Waals surface area contributed by atoms with Crippen LogP contribution in [0.5, 0.6) is 0 Å². The van der Waals surface area contributed by atoms with Gasteiger partial charge in [-0.15, -0.1) is 0 Å². The Morgan fingerprint density at radius 2 is 1.92 bits per heavy atom. The van der Waals surface area contributed by atoms with Gasteiger partial charge in [-0.1, -0.05) is 19.8 Å².